The molecule has 2 atom stereocenters. The van der Waals surface area contributed by atoms with E-state index in [1.165, 1.54) is 11.8 Å². The normalized spacial score (nSPS) is 29.5. The molecule has 4 nitrogen and oxygen atoms in total. The summed E-state index contributed by atoms with van der Waals surface area (Å²) < 4.78 is -0.494. The Morgan fingerprint density at radius 2 is 2.27 bits per heavy atom. The topological polar surface area (TPSA) is 40.6 Å². The van der Waals surface area contributed by atoms with Gasteiger partial charge in [0.1, 0.15) is 0 Å². The summed E-state index contributed by atoms with van der Waals surface area (Å²) in [6.45, 7) is 2.55. The van der Waals surface area contributed by atoms with Crippen LogP contribution in [0.2, 0.25) is 3.43 Å². The van der Waals surface area contributed by atoms with Gasteiger partial charge < -0.3 is 0 Å². The fourth-order valence-corrected chi connectivity index (χ4v) is 7.88. The molecule has 78 valence electrons. The third-order valence-electron chi connectivity index (χ3n) is 2.56. The van der Waals surface area contributed by atoms with Crippen LogP contribution in [-0.4, -0.2) is 33.7 Å². The molecule has 1 fully saturated rings. The Labute approximate surface area is 108 Å². The van der Waals surface area contributed by atoms with Gasteiger partial charge in [0.2, 0.25) is 0 Å². The third kappa shape index (κ3) is 1.82. The van der Waals surface area contributed by atoms with Gasteiger partial charge in [-0.15, -0.1) is 0 Å². The number of hydrogen-bond acceptors (Lipinski definition) is 3. The molecule has 1 saturated heterocycles. The Hall–Kier alpha value is 0.255. The van der Waals surface area contributed by atoms with Gasteiger partial charge in [-0.1, -0.05) is 0 Å². The first-order chi connectivity index (χ1) is 7.20. The van der Waals surface area contributed by atoms with Gasteiger partial charge in [0, 0.05) is 0 Å². The van der Waals surface area contributed by atoms with Crippen LogP contribution in [0.25, 0.3) is 0 Å². The fraction of sp³-hybridized carbons (Fsp3) is 0.500. The molecule has 7 heteroatoms. The van der Waals surface area contributed by atoms with Crippen molar-refractivity contribution in [3.63, 3.8) is 0 Å². The summed E-state index contributed by atoms with van der Waals surface area (Å²) in [4.78, 5) is 27.2. The second kappa shape index (κ2) is 4.63. The van der Waals surface area contributed by atoms with E-state index in [0.29, 0.717) is 6.54 Å². The van der Waals surface area contributed by atoms with E-state index in [0.717, 1.165) is 0 Å². The summed E-state index contributed by atoms with van der Waals surface area (Å²) in [6, 6.07) is 0. The number of nitrogens with zero attached hydrogens (tertiary/aromatic N) is 2. The van der Waals surface area contributed by atoms with Crippen molar-refractivity contribution in [2.45, 2.75) is 15.8 Å². The van der Waals surface area contributed by atoms with Gasteiger partial charge in [-0.05, 0) is 0 Å². The number of carbonyl (C=O) groups excluding carboxylic acids is 2. The van der Waals surface area contributed by atoms with Crippen molar-refractivity contribution in [2.24, 2.45) is 0 Å². The van der Waals surface area contributed by atoms with Crippen LogP contribution in [0.1, 0.15) is 6.92 Å². The zero-order valence-electron chi connectivity index (χ0n) is 8.22. The summed E-state index contributed by atoms with van der Waals surface area (Å²) in [5.74, 6) is -0.149. The van der Waals surface area contributed by atoms with E-state index >= 15 is 0 Å². The number of amides is 2. The molecule has 0 aromatic carbocycles. The molecule has 2 amide bonds. The van der Waals surface area contributed by atoms with E-state index in [2.05, 4.69) is 0 Å². The van der Waals surface area contributed by atoms with Crippen molar-refractivity contribution in [3.05, 3.63) is 11.6 Å². The van der Waals surface area contributed by atoms with Crippen LogP contribution in [-0.2, 0) is 32.9 Å². The second-order valence-electron chi connectivity index (χ2n) is 3.32. The van der Waals surface area contributed by atoms with Crippen molar-refractivity contribution in [1.29, 1.82) is 0 Å². The summed E-state index contributed by atoms with van der Waals surface area (Å²) in [5, 5.41) is 1.85. The molecule has 0 spiro atoms. The van der Waals surface area contributed by atoms with Crippen LogP contribution in [0.15, 0.2) is 11.6 Å². The monoisotopic (exact) mass is 434 g/mol. The van der Waals surface area contributed by atoms with Crippen molar-refractivity contribution >= 4 is 31.8 Å². The molecule has 0 bridgehead atoms. The summed E-state index contributed by atoms with van der Waals surface area (Å²) in [5.41, 5.74) is -0.164. The number of fused-ring (bicyclic) bond motifs is 1. The molecule has 0 aliphatic carbocycles. The first-order valence-electron chi connectivity index (χ1n) is 4.71. The molecule has 0 radical (unpaired) electrons. The van der Waals surface area contributed by atoms with Crippen molar-refractivity contribution in [1.82, 2.24) is 9.80 Å². The zero-order valence-corrected chi connectivity index (χ0v) is 15.3. The van der Waals surface area contributed by atoms with Gasteiger partial charge in [-0.3, -0.25) is 0 Å². The van der Waals surface area contributed by atoms with Gasteiger partial charge in [0.15, 0.2) is 0 Å². The Kier molecular flexibility index (Phi) is 3.62. The predicted molar refractivity (Wildman–Crippen MR) is 54.4 cm³/mol. The molecule has 0 saturated carbocycles. The second-order valence-corrected chi connectivity index (χ2v) is 11.4. The van der Waals surface area contributed by atoms with E-state index in [1.807, 2.05) is 12.3 Å². The average molecular weight is 433 g/mol. The molecule has 15 heavy (non-hydrogen) atoms. The van der Waals surface area contributed by atoms with Crippen LogP contribution in [0.4, 0.5) is 0 Å². The Bertz CT molecular complexity index is 335. The number of halogens is 1. The molecule has 0 aromatic heterocycles. The maximum absolute atomic E-state index is 11.9. The molecular formula is C8H9ClHgN2O2S. The van der Waals surface area contributed by atoms with Gasteiger partial charge in [0.05, 0.1) is 0 Å². The molecule has 2 aliphatic rings. The predicted octanol–water partition coefficient (Wildman–Crippen LogP) is 1.20. The molecule has 0 N–H and O–H groups in total. The van der Waals surface area contributed by atoms with Crippen LogP contribution in [0.3, 0.4) is 0 Å². The molecule has 2 rings (SSSR count). The van der Waals surface area contributed by atoms with Gasteiger partial charge in [0.25, 0.3) is 0 Å². The van der Waals surface area contributed by atoms with Crippen LogP contribution >= 0.6 is 20.0 Å². The standard InChI is InChI=1S/C8H9N2O2S.ClH.Hg/c1-2-9-6(11)5-7(12)10-3-4-13-8(9)10;;/h3-5,8H,2H2,1H3;1H;/q;;+1/p-1. The minimum atomic E-state index is -1.88. The van der Waals surface area contributed by atoms with Crippen LogP contribution in [0.5, 0.6) is 0 Å². The quantitative estimate of drug-likeness (QED) is 0.486. The Morgan fingerprint density at radius 1 is 1.53 bits per heavy atom. The first-order valence-corrected chi connectivity index (χ1v) is 15.6. The fourth-order valence-electron chi connectivity index (χ4n) is 1.75. The van der Waals surface area contributed by atoms with Gasteiger partial charge in [-0.25, -0.2) is 0 Å². The van der Waals surface area contributed by atoms with Crippen molar-refractivity contribution < 1.29 is 32.9 Å². The van der Waals surface area contributed by atoms with E-state index < -0.39 is 26.8 Å². The summed E-state index contributed by atoms with van der Waals surface area (Å²) in [7, 11) is 5.88. The molecule has 2 unspecified atom stereocenters. The van der Waals surface area contributed by atoms with Crippen molar-refractivity contribution in [2.75, 3.05) is 6.54 Å². The summed E-state index contributed by atoms with van der Waals surface area (Å²) in [6.07, 6.45) is 1.75. The SMILES string of the molecule is CCN1C(=O)[CH]([Hg][Cl])C(=O)N2C=CSC21. The van der Waals surface area contributed by atoms with Crippen LogP contribution in [0, 0.1) is 0 Å². The first kappa shape index (κ1) is 11.7. The number of rotatable bonds is 2. The van der Waals surface area contributed by atoms with E-state index in [4.69, 9.17) is 8.25 Å². The van der Waals surface area contributed by atoms with Gasteiger partial charge in [-0.2, -0.15) is 0 Å². The maximum atomic E-state index is 11.9. The molecule has 0 aromatic rings. The number of carbonyl (C=O) groups is 2. The zero-order chi connectivity index (χ0) is 11.0. The number of hydrogen-bond donors (Lipinski definition) is 0. The van der Waals surface area contributed by atoms with Gasteiger partial charge >= 0.3 is 109 Å². The average Bonchev–Trinajstić information content (AvgIpc) is 2.68. The van der Waals surface area contributed by atoms with Crippen LogP contribution < -0.4 is 0 Å². The Morgan fingerprint density at radius 3 is 2.87 bits per heavy atom. The molecule has 2 heterocycles. The minimum absolute atomic E-state index is 0.0587. The van der Waals surface area contributed by atoms with E-state index in [-0.39, 0.29) is 17.3 Å². The van der Waals surface area contributed by atoms with E-state index in [9.17, 15) is 9.59 Å². The number of thioether (sulfide) groups is 1. The van der Waals surface area contributed by atoms with Crippen molar-refractivity contribution in [3.8, 4) is 0 Å². The molecule has 2 aliphatic heterocycles. The summed E-state index contributed by atoms with van der Waals surface area (Å²) >= 11 is -0.392. The third-order valence-corrected chi connectivity index (χ3v) is 10.2. The molecular weight excluding hydrogens is 424 g/mol. The Balaban J connectivity index is 2.31. The van der Waals surface area contributed by atoms with E-state index in [1.54, 1.807) is 16.0 Å².